The van der Waals surface area contributed by atoms with Crippen molar-refractivity contribution >= 4 is 23.5 Å². The van der Waals surface area contributed by atoms with Crippen LogP contribution in [-0.2, 0) is 20.9 Å². The number of benzene rings is 1. The highest BCUT2D eigenvalue weighted by Gasteiger charge is 2.57. The molecule has 0 radical (unpaired) electrons. The Bertz CT molecular complexity index is 1690. The van der Waals surface area contributed by atoms with Gasteiger partial charge >= 0.3 is 12.1 Å². The third kappa shape index (κ3) is 7.56. The number of aromatic nitrogens is 2. The lowest BCUT2D eigenvalue weighted by atomic mass is 9.76. The first-order valence-corrected chi connectivity index (χ1v) is 18.9. The first kappa shape index (κ1) is 37.7. The van der Waals surface area contributed by atoms with Gasteiger partial charge in [0.1, 0.15) is 23.1 Å². The number of fused-ring (bicyclic) bond motifs is 4. The maximum absolute atomic E-state index is 15.4. The predicted octanol–water partition coefficient (Wildman–Crippen LogP) is 6.98. The van der Waals surface area contributed by atoms with Crippen molar-refractivity contribution in [2.24, 2.45) is 17.8 Å². The van der Waals surface area contributed by atoms with Gasteiger partial charge in [0.25, 0.3) is 11.8 Å². The van der Waals surface area contributed by atoms with Gasteiger partial charge in [-0.05, 0) is 92.9 Å². The monoisotopic (exact) mass is 749 g/mol. The van der Waals surface area contributed by atoms with Gasteiger partial charge in [0.05, 0.1) is 12.0 Å². The summed E-state index contributed by atoms with van der Waals surface area (Å²) in [6.45, 7) is 5.11. The molecule has 53 heavy (non-hydrogen) atoms. The fraction of sp³-hybridized carbons (Fsp3) is 0.684. The number of carboxylic acids is 1. The Morgan fingerprint density at radius 2 is 1.83 bits per heavy atom. The molecular formula is C38H48F5N5O5. The van der Waals surface area contributed by atoms with E-state index in [9.17, 15) is 27.9 Å². The largest absolute Gasteiger partial charge is 0.490 e. The molecule has 290 valence electrons. The van der Waals surface area contributed by atoms with Crippen molar-refractivity contribution in [3.63, 3.8) is 0 Å². The molecule has 1 aromatic carbocycles. The Morgan fingerprint density at radius 3 is 2.49 bits per heavy atom. The van der Waals surface area contributed by atoms with Gasteiger partial charge in [-0.3, -0.25) is 4.79 Å². The predicted molar refractivity (Wildman–Crippen MR) is 185 cm³/mol. The smallest absolute Gasteiger partial charge is 0.390 e. The number of alkyl halides is 5. The maximum Gasteiger partial charge on any atom is 0.390 e. The third-order valence-corrected chi connectivity index (χ3v) is 12.5. The molecule has 2 bridgehead atoms. The number of aliphatic carboxylic acids is 1. The van der Waals surface area contributed by atoms with E-state index in [4.69, 9.17) is 9.47 Å². The summed E-state index contributed by atoms with van der Waals surface area (Å²) in [5.74, 6) is -4.79. The van der Waals surface area contributed by atoms with Gasteiger partial charge in [-0.15, -0.1) is 0 Å². The molecular weight excluding hydrogens is 701 g/mol. The van der Waals surface area contributed by atoms with Gasteiger partial charge < -0.3 is 29.7 Å². The Hall–Kier alpha value is -3.59. The van der Waals surface area contributed by atoms with Gasteiger partial charge in [-0.2, -0.15) is 22.0 Å². The summed E-state index contributed by atoms with van der Waals surface area (Å²) >= 11 is 0. The van der Waals surface area contributed by atoms with E-state index in [1.807, 2.05) is 12.1 Å². The lowest BCUT2D eigenvalue weighted by molar-refractivity contribution is -0.146. The molecule has 2 saturated heterocycles. The van der Waals surface area contributed by atoms with Crippen LogP contribution in [0.3, 0.4) is 0 Å². The molecule has 2 aromatic rings. The number of amides is 1. The normalized spacial score (nSPS) is 27.5. The van der Waals surface area contributed by atoms with Crippen molar-refractivity contribution in [1.29, 1.82) is 0 Å². The Labute approximate surface area is 305 Å². The summed E-state index contributed by atoms with van der Waals surface area (Å²) in [5, 5.41) is 13.1. The molecule has 15 heteroatoms. The van der Waals surface area contributed by atoms with Gasteiger partial charge in [0, 0.05) is 63.6 Å². The Balaban J connectivity index is 1.13. The lowest BCUT2D eigenvalue weighted by Crippen LogP contribution is -2.57. The van der Waals surface area contributed by atoms with E-state index in [-0.39, 0.29) is 36.9 Å². The van der Waals surface area contributed by atoms with Crippen LogP contribution in [0.2, 0.25) is 0 Å². The van der Waals surface area contributed by atoms with Crippen LogP contribution in [0, 0.1) is 17.8 Å². The number of rotatable bonds is 10. The molecule has 1 amide bonds. The molecule has 4 fully saturated rings. The summed E-state index contributed by atoms with van der Waals surface area (Å²) in [7, 11) is 0. The average Bonchev–Trinajstić information content (AvgIpc) is 3.56. The van der Waals surface area contributed by atoms with E-state index in [1.165, 1.54) is 0 Å². The molecule has 4 unspecified atom stereocenters. The van der Waals surface area contributed by atoms with Crippen molar-refractivity contribution in [2.75, 3.05) is 44.3 Å². The summed E-state index contributed by atoms with van der Waals surface area (Å²) in [5.41, 5.74) is -1.52. The molecule has 5 aliphatic rings. The standard InChI is InChI=1S/C38H48F5N5O5/c1-3-23-16-24-18-25(17-23)37(20-24,33(50)51)46-32(49)28-21-44-34(45-31(28)35(2,39)40)48-22-36(9-14-52-15-10-36)29-19-27(4-5-30(29)48)53-26-6-11-47(12-7-26)13-8-38(41,42)43/h4-5,19,21,23-26H,3,6-18,20,22H2,1-2H3,(H,46,49)(H,50,51). The Morgan fingerprint density at radius 1 is 1.09 bits per heavy atom. The van der Waals surface area contributed by atoms with E-state index >= 15 is 8.78 Å². The highest BCUT2D eigenvalue weighted by atomic mass is 19.4. The number of halogens is 5. The van der Waals surface area contributed by atoms with Gasteiger partial charge in [0.15, 0.2) is 0 Å². The van der Waals surface area contributed by atoms with Crippen molar-refractivity contribution in [1.82, 2.24) is 20.2 Å². The van der Waals surface area contributed by atoms with Gasteiger partial charge in [0.2, 0.25) is 5.95 Å². The molecule has 1 spiro atoms. The van der Waals surface area contributed by atoms with Crippen molar-refractivity contribution in [3.8, 4) is 5.75 Å². The second-order valence-corrected chi connectivity index (χ2v) is 16.0. The van der Waals surface area contributed by atoms with Crippen LogP contribution < -0.4 is 15.0 Å². The van der Waals surface area contributed by atoms with E-state index in [2.05, 4.69) is 22.2 Å². The number of hydrogen-bond donors (Lipinski definition) is 2. The van der Waals surface area contributed by atoms with Crippen LogP contribution in [0.1, 0.15) is 99.7 Å². The summed E-state index contributed by atoms with van der Waals surface area (Å²) < 4.78 is 80.9. The van der Waals surface area contributed by atoms with Crippen molar-refractivity contribution in [2.45, 2.75) is 107 Å². The van der Waals surface area contributed by atoms with Crippen molar-refractivity contribution in [3.05, 3.63) is 41.2 Å². The van der Waals surface area contributed by atoms with Crippen molar-refractivity contribution < 1.29 is 46.1 Å². The zero-order chi connectivity index (χ0) is 37.8. The molecule has 2 N–H and O–H groups in total. The molecule has 7 rings (SSSR count). The Kier molecular flexibility index (Phi) is 10.1. The van der Waals surface area contributed by atoms with E-state index in [1.54, 1.807) is 15.9 Å². The second kappa shape index (κ2) is 14.2. The number of piperidine rings is 1. The van der Waals surface area contributed by atoms with Crippen LogP contribution in [0.5, 0.6) is 5.75 Å². The average molecular weight is 750 g/mol. The number of anilines is 2. The third-order valence-electron chi connectivity index (χ3n) is 12.5. The van der Waals surface area contributed by atoms with Crippen LogP contribution >= 0.6 is 0 Å². The minimum Gasteiger partial charge on any atom is -0.490 e. The SMILES string of the molecule is CCC1CC2CC(C1)C(NC(=O)c1cnc(N3CC4(CCOCC4)c4cc(OC5CCN(CCC(F)(F)F)CC5)ccc43)nc1C(C)(F)F)(C(=O)O)C2. The number of carboxylic acid groups (broad SMARTS) is 1. The lowest BCUT2D eigenvalue weighted by Gasteiger charge is -2.35. The first-order valence-electron chi connectivity index (χ1n) is 18.9. The molecule has 4 heterocycles. The number of nitrogens with one attached hydrogen (secondary N) is 1. The first-order chi connectivity index (χ1) is 25.1. The number of carbonyl (C=O) groups is 2. The number of ether oxygens (including phenoxy) is 2. The van der Waals surface area contributed by atoms with Gasteiger partial charge in [-0.25, -0.2) is 14.8 Å². The minimum atomic E-state index is -4.19. The summed E-state index contributed by atoms with van der Waals surface area (Å²) in [4.78, 5) is 38.9. The summed E-state index contributed by atoms with van der Waals surface area (Å²) in [6, 6.07) is 5.60. The fourth-order valence-electron chi connectivity index (χ4n) is 9.65. The van der Waals surface area contributed by atoms with Crippen LogP contribution in [0.25, 0.3) is 0 Å². The summed E-state index contributed by atoms with van der Waals surface area (Å²) in [6.07, 6.45) is 1.80. The number of likely N-dealkylation sites (tertiary alicyclic amines) is 1. The van der Waals surface area contributed by atoms with Crippen LogP contribution in [-0.4, -0.2) is 89.1 Å². The molecule has 3 aliphatic heterocycles. The molecule has 2 saturated carbocycles. The highest BCUT2D eigenvalue weighted by Crippen LogP contribution is 2.52. The molecule has 4 atom stereocenters. The topological polar surface area (TPSA) is 117 Å². The number of carbonyl (C=O) groups excluding carboxylic acids is 1. The molecule has 1 aromatic heterocycles. The zero-order valence-electron chi connectivity index (χ0n) is 30.2. The van der Waals surface area contributed by atoms with Gasteiger partial charge in [-0.1, -0.05) is 13.3 Å². The van der Waals surface area contributed by atoms with E-state index < -0.39 is 52.6 Å². The minimum absolute atomic E-state index is 0.00181. The molecule has 2 aliphatic carbocycles. The second-order valence-electron chi connectivity index (χ2n) is 16.0. The quantitative estimate of drug-likeness (QED) is 0.248. The van der Waals surface area contributed by atoms with E-state index in [0.717, 1.165) is 30.3 Å². The number of nitrogens with zero attached hydrogens (tertiary/aromatic N) is 4. The van der Waals surface area contributed by atoms with Crippen LogP contribution in [0.4, 0.5) is 33.6 Å². The van der Waals surface area contributed by atoms with Crippen LogP contribution in [0.15, 0.2) is 24.4 Å². The number of hydrogen-bond acceptors (Lipinski definition) is 8. The fourth-order valence-corrected chi connectivity index (χ4v) is 9.65. The molecule has 10 nitrogen and oxygen atoms in total. The van der Waals surface area contributed by atoms with E-state index in [0.29, 0.717) is 90.0 Å². The zero-order valence-corrected chi connectivity index (χ0v) is 30.2. The maximum atomic E-state index is 15.4. The highest BCUT2D eigenvalue weighted by molar-refractivity contribution is 5.99.